The van der Waals surface area contributed by atoms with Crippen LogP contribution in [0.5, 0.6) is 0 Å². The predicted octanol–water partition coefficient (Wildman–Crippen LogP) is 3.49. The van der Waals surface area contributed by atoms with Crippen molar-refractivity contribution < 1.29 is 28.5 Å². The molecule has 1 amide bonds. The van der Waals surface area contributed by atoms with E-state index in [0.29, 0.717) is 16.3 Å². The lowest BCUT2D eigenvalue weighted by molar-refractivity contribution is -0.117. The number of rotatable bonds is 10. The maximum absolute atomic E-state index is 12.7. The van der Waals surface area contributed by atoms with Gasteiger partial charge in [-0.15, -0.1) is 0 Å². The van der Waals surface area contributed by atoms with Gasteiger partial charge in [0.15, 0.2) is 0 Å². The summed E-state index contributed by atoms with van der Waals surface area (Å²) in [6.45, 7) is 2.89. The van der Waals surface area contributed by atoms with Crippen molar-refractivity contribution in [1.82, 2.24) is 15.3 Å². The first-order chi connectivity index (χ1) is 15.9. The minimum atomic E-state index is -4.69. The van der Waals surface area contributed by atoms with Crippen LogP contribution in [0.25, 0.3) is 6.08 Å². The van der Waals surface area contributed by atoms with Crippen molar-refractivity contribution in [2.24, 2.45) is 0 Å². The number of amides is 1. The van der Waals surface area contributed by atoms with Crippen LogP contribution >= 0.6 is 35.5 Å². The van der Waals surface area contributed by atoms with Gasteiger partial charge < -0.3 is 20.8 Å². The first-order valence-corrected chi connectivity index (χ1v) is 13.0. The normalized spacial score (nSPS) is 12.5. The standard InChI is InChI=1S/C21H24BrN4O6PS/c1-13(21(28)25-12-16-11-24-14(2)26-20(16)23)18(8-9-32-33(29,30)31)34-19(27)7-6-15-4-3-5-17(22)10-15/h3-7,10-11H,8-9,12H2,1-2H3,(H,25,28)(H2,23,24,26)(H2,29,30,31)/b7-6+,18-13-. The Kier molecular flexibility index (Phi) is 10.6. The van der Waals surface area contributed by atoms with Gasteiger partial charge in [-0.05, 0) is 37.6 Å². The van der Waals surface area contributed by atoms with Crippen molar-refractivity contribution in [3.8, 4) is 0 Å². The number of nitrogen functional groups attached to an aromatic ring is 1. The first kappa shape index (κ1) is 27.9. The summed E-state index contributed by atoms with van der Waals surface area (Å²) in [4.78, 5) is 51.5. The third-order valence-corrected chi connectivity index (χ3v) is 6.40. The fourth-order valence-electron chi connectivity index (χ4n) is 2.59. The zero-order valence-electron chi connectivity index (χ0n) is 18.4. The van der Waals surface area contributed by atoms with Crippen LogP contribution in [0, 0.1) is 6.92 Å². The Morgan fingerprint density at radius 3 is 2.74 bits per heavy atom. The zero-order chi connectivity index (χ0) is 25.3. The molecule has 182 valence electrons. The van der Waals surface area contributed by atoms with Gasteiger partial charge in [-0.1, -0.05) is 45.9 Å². The quantitative estimate of drug-likeness (QED) is 0.245. The van der Waals surface area contributed by atoms with E-state index in [2.05, 4.69) is 35.7 Å². The Morgan fingerprint density at radius 1 is 1.35 bits per heavy atom. The van der Waals surface area contributed by atoms with Gasteiger partial charge in [-0.2, -0.15) is 0 Å². The van der Waals surface area contributed by atoms with Crippen LogP contribution in [0.4, 0.5) is 5.82 Å². The summed E-state index contributed by atoms with van der Waals surface area (Å²) in [7, 11) is -4.69. The number of carbonyl (C=O) groups is 2. The van der Waals surface area contributed by atoms with Crippen LogP contribution in [-0.4, -0.2) is 37.4 Å². The molecule has 0 saturated heterocycles. The van der Waals surface area contributed by atoms with Gasteiger partial charge in [0.2, 0.25) is 11.0 Å². The van der Waals surface area contributed by atoms with Gasteiger partial charge in [-0.25, -0.2) is 14.5 Å². The van der Waals surface area contributed by atoms with Gasteiger partial charge >= 0.3 is 7.82 Å². The molecule has 1 aromatic carbocycles. The Bertz CT molecular complexity index is 1170. The summed E-state index contributed by atoms with van der Waals surface area (Å²) in [6, 6.07) is 7.34. The van der Waals surface area contributed by atoms with E-state index in [1.807, 2.05) is 24.3 Å². The van der Waals surface area contributed by atoms with Crippen LogP contribution in [0.1, 0.15) is 30.3 Å². The molecule has 5 N–H and O–H groups in total. The molecule has 2 rings (SSSR count). The van der Waals surface area contributed by atoms with Crippen molar-refractivity contribution >= 4 is 58.4 Å². The molecule has 2 aromatic rings. The molecule has 10 nitrogen and oxygen atoms in total. The molecule has 0 spiro atoms. The first-order valence-electron chi connectivity index (χ1n) is 9.86. The third kappa shape index (κ3) is 9.88. The minimum absolute atomic E-state index is 0.0543. The number of phosphoric acid groups is 1. The monoisotopic (exact) mass is 570 g/mol. The number of nitrogens with two attached hydrogens (primary N) is 1. The fraction of sp³-hybridized carbons (Fsp3) is 0.238. The van der Waals surface area contributed by atoms with E-state index in [-0.39, 0.29) is 36.1 Å². The van der Waals surface area contributed by atoms with Crippen LogP contribution in [0.15, 0.2) is 51.5 Å². The number of aryl methyl sites for hydroxylation is 1. The van der Waals surface area contributed by atoms with Gasteiger partial charge in [0.25, 0.3) is 0 Å². The minimum Gasteiger partial charge on any atom is -0.383 e. The molecule has 0 aliphatic rings. The summed E-state index contributed by atoms with van der Waals surface area (Å²) in [6.07, 6.45) is 4.43. The Hall–Kier alpha value is -2.34. The average Bonchev–Trinajstić information content (AvgIpc) is 2.75. The SMILES string of the molecule is C/C(C(=O)NCc1cnc(C)nc1N)=C(\CCOP(=O)(O)O)SC(=O)/C=C/c1cccc(Br)c1. The number of benzene rings is 1. The highest BCUT2D eigenvalue weighted by atomic mass is 79.9. The highest BCUT2D eigenvalue weighted by molar-refractivity contribution is 9.10. The summed E-state index contributed by atoms with van der Waals surface area (Å²) < 4.78 is 16.4. The van der Waals surface area contributed by atoms with Gasteiger partial charge in [0.05, 0.1) is 6.61 Å². The van der Waals surface area contributed by atoms with Crippen molar-refractivity contribution in [3.63, 3.8) is 0 Å². The van der Waals surface area contributed by atoms with E-state index in [1.54, 1.807) is 13.0 Å². The van der Waals surface area contributed by atoms with Gasteiger partial charge in [-0.3, -0.25) is 14.1 Å². The lowest BCUT2D eigenvalue weighted by Gasteiger charge is -2.12. The summed E-state index contributed by atoms with van der Waals surface area (Å²) in [5.41, 5.74) is 7.37. The fourth-order valence-corrected chi connectivity index (χ4v) is 4.14. The Labute approximate surface area is 209 Å². The second-order valence-corrected chi connectivity index (χ2v) is 10.2. The smallest absolute Gasteiger partial charge is 0.383 e. The molecule has 0 bridgehead atoms. The molecule has 0 fully saturated rings. The number of nitrogens with zero attached hydrogens (tertiary/aromatic N) is 2. The summed E-state index contributed by atoms with van der Waals surface area (Å²) in [5, 5.41) is 2.32. The maximum atomic E-state index is 12.7. The molecule has 1 aromatic heterocycles. The van der Waals surface area contributed by atoms with Gasteiger partial charge in [0, 0.05) is 39.7 Å². The molecule has 0 radical (unpaired) electrons. The molecule has 0 aliphatic heterocycles. The molecule has 34 heavy (non-hydrogen) atoms. The van der Waals surface area contributed by atoms with Crippen molar-refractivity contribution in [3.05, 3.63) is 68.4 Å². The van der Waals surface area contributed by atoms with Crippen LogP contribution in [-0.2, 0) is 25.2 Å². The number of thioether (sulfide) groups is 1. The number of phosphoric ester groups is 1. The van der Waals surface area contributed by atoms with Crippen molar-refractivity contribution in [1.29, 1.82) is 0 Å². The third-order valence-electron chi connectivity index (χ3n) is 4.29. The number of carbonyl (C=O) groups excluding carboxylic acids is 2. The highest BCUT2D eigenvalue weighted by Gasteiger charge is 2.18. The number of hydrogen-bond donors (Lipinski definition) is 4. The lowest BCUT2D eigenvalue weighted by Crippen LogP contribution is -2.25. The largest absolute Gasteiger partial charge is 0.469 e. The second kappa shape index (κ2) is 12.9. The summed E-state index contributed by atoms with van der Waals surface area (Å²) in [5.74, 6) is 0.260. The number of hydrogen-bond acceptors (Lipinski definition) is 8. The van der Waals surface area contributed by atoms with Crippen molar-refractivity contribution in [2.75, 3.05) is 12.3 Å². The topological polar surface area (TPSA) is 165 Å². The van der Waals surface area contributed by atoms with E-state index < -0.39 is 13.7 Å². The maximum Gasteiger partial charge on any atom is 0.469 e. The molecular weight excluding hydrogens is 547 g/mol. The van der Waals surface area contributed by atoms with Crippen molar-refractivity contribution in [2.45, 2.75) is 26.8 Å². The number of aromatic nitrogens is 2. The van der Waals surface area contributed by atoms with Gasteiger partial charge in [0.1, 0.15) is 11.6 Å². The molecule has 0 atom stereocenters. The second-order valence-electron chi connectivity index (χ2n) is 6.94. The molecule has 1 heterocycles. The molecule has 0 aliphatic carbocycles. The average molecular weight is 571 g/mol. The predicted molar refractivity (Wildman–Crippen MR) is 134 cm³/mol. The lowest BCUT2D eigenvalue weighted by atomic mass is 10.2. The number of anilines is 1. The van der Waals surface area contributed by atoms with E-state index in [1.165, 1.54) is 19.2 Å². The Balaban J connectivity index is 2.14. The zero-order valence-corrected chi connectivity index (χ0v) is 21.7. The van der Waals surface area contributed by atoms with Crippen LogP contribution < -0.4 is 11.1 Å². The highest BCUT2D eigenvalue weighted by Crippen LogP contribution is 2.37. The van der Waals surface area contributed by atoms with E-state index in [0.717, 1.165) is 21.8 Å². The Morgan fingerprint density at radius 2 is 2.09 bits per heavy atom. The molecule has 0 saturated carbocycles. The van der Waals surface area contributed by atoms with E-state index in [9.17, 15) is 14.2 Å². The summed E-state index contributed by atoms with van der Waals surface area (Å²) >= 11 is 4.14. The van der Waals surface area contributed by atoms with Crippen LogP contribution in [0.3, 0.4) is 0 Å². The van der Waals surface area contributed by atoms with Crippen LogP contribution in [0.2, 0.25) is 0 Å². The number of nitrogens with one attached hydrogen (secondary N) is 1. The molecule has 0 unspecified atom stereocenters. The van der Waals surface area contributed by atoms with E-state index in [4.69, 9.17) is 15.5 Å². The molecular formula is C21H24BrN4O6PS. The van der Waals surface area contributed by atoms with E-state index >= 15 is 0 Å². The number of halogens is 1. The molecule has 13 heteroatoms.